The smallest absolute Gasteiger partial charge is 0.321 e. The van der Waals surface area contributed by atoms with E-state index in [-0.39, 0.29) is 10.8 Å². The quantitative estimate of drug-likeness (QED) is 0.583. The Hall–Kier alpha value is -2.46. The number of nitrogens with one attached hydrogen (secondary N) is 1. The number of benzene rings is 1. The molecule has 0 aliphatic rings. The minimum absolute atomic E-state index is 0.121. The monoisotopic (exact) mass is 284 g/mol. The number of nitrogens with zero attached hydrogens (tertiary/aromatic N) is 3. The van der Waals surface area contributed by atoms with E-state index in [0.29, 0.717) is 5.69 Å². The lowest BCUT2D eigenvalue weighted by atomic mass is 10.3. The number of hydrogen-bond acceptors (Lipinski definition) is 8. The van der Waals surface area contributed by atoms with Crippen LogP contribution < -0.4 is 5.32 Å². The molecule has 9 nitrogen and oxygen atoms in total. The van der Waals surface area contributed by atoms with Crippen molar-refractivity contribution in [1.82, 2.24) is 15.0 Å². The molecule has 1 aromatic heterocycles. The zero-order chi connectivity index (χ0) is 14.0. The van der Waals surface area contributed by atoms with Crippen molar-refractivity contribution in [2.45, 2.75) is 4.90 Å². The predicted molar refractivity (Wildman–Crippen MR) is 62.7 cm³/mol. The molecule has 0 fully saturated rings. The SMILES string of the molecule is O=S(=O)(O)c1ccc(Nc2nc(O)nc(O)n2)cc1. The molecule has 0 aliphatic carbocycles. The van der Waals surface area contributed by atoms with Gasteiger partial charge in [0, 0.05) is 5.69 Å². The summed E-state index contributed by atoms with van der Waals surface area (Å²) in [6, 6.07) is 3.70. The van der Waals surface area contributed by atoms with Crippen LogP contribution in [0.4, 0.5) is 11.6 Å². The second-order valence-electron chi connectivity index (χ2n) is 3.38. The van der Waals surface area contributed by atoms with Crippen LogP contribution in [0, 0.1) is 0 Å². The summed E-state index contributed by atoms with van der Waals surface area (Å²) in [4.78, 5) is 9.88. The average Bonchev–Trinajstić information content (AvgIpc) is 2.26. The molecule has 2 aromatic rings. The van der Waals surface area contributed by atoms with E-state index in [1.54, 1.807) is 0 Å². The van der Waals surface area contributed by atoms with Crippen LogP contribution in [0.25, 0.3) is 0 Å². The van der Waals surface area contributed by atoms with Crippen LogP contribution in [0.5, 0.6) is 12.0 Å². The van der Waals surface area contributed by atoms with Crippen molar-refractivity contribution >= 4 is 21.8 Å². The number of hydrogen-bond donors (Lipinski definition) is 4. The minimum Gasteiger partial charge on any atom is -0.479 e. The van der Waals surface area contributed by atoms with Gasteiger partial charge in [-0.25, -0.2) is 0 Å². The van der Waals surface area contributed by atoms with Crippen LogP contribution in [0.2, 0.25) is 0 Å². The summed E-state index contributed by atoms with van der Waals surface area (Å²) in [5.41, 5.74) is 0.386. The van der Waals surface area contributed by atoms with Crippen molar-refractivity contribution in [1.29, 1.82) is 0 Å². The summed E-state index contributed by atoms with van der Waals surface area (Å²) < 4.78 is 30.5. The number of anilines is 2. The molecule has 1 aromatic carbocycles. The van der Waals surface area contributed by atoms with E-state index >= 15 is 0 Å². The summed E-state index contributed by atoms with van der Waals surface area (Å²) in [5.74, 6) is -0.121. The van der Waals surface area contributed by atoms with Crippen molar-refractivity contribution in [2.24, 2.45) is 0 Å². The second-order valence-corrected chi connectivity index (χ2v) is 4.80. The third-order valence-corrected chi connectivity index (χ3v) is 2.89. The first kappa shape index (κ1) is 13.0. The van der Waals surface area contributed by atoms with E-state index in [1.165, 1.54) is 24.3 Å². The molecular formula is C9H8N4O5S. The highest BCUT2D eigenvalue weighted by atomic mass is 32.2. The topological polar surface area (TPSA) is 146 Å². The molecule has 19 heavy (non-hydrogen) atoms. The maximum absolute atomic E-state index is 10.8. The molecule has 0 spiro atoms. The molecule has 0 radical (unpaired) electrons. The van der Waals surface area contributed by atoms with Crippen molar-refractivity contribution in [3.05, 3.63) is 24.3 Å². The Balaban J connectivity index is 2.24. The second kappa shape index (κ2) is 4.66. The Labute approximate surface area is 107 Å². The summed E-state index contributed by atoms with van der Waals surface area (Å²) in [6.45, 7) is 0. The Bertz CT molecular complexity index is 681. The lowest BCUT2D eigenvalue weighted by Gasteiger charge is -2.05. The van der Waals surface area contributed by atoms with Gasteiger partial charge in [-0.2, -0.15) is 18.4 Å². The average molecular weight is 284 g/mol. The van der Waals surface area contributed by atoms with E-state index in [4.69, 9.17) is 14.8 Å². The third kappa shape index (κ3) is 3.26. The van der Waals surface area contributed by atoms with Gasteiger partial charge in [0.2, 0.25) is 5.95 Å². The Morgan fingerprint density at radius 2 is 1.47 bits per heavy atom. The van der Waals surface area contributed by atoms with Gasteiger partial charge in [0.25, 0.3) is 10.1 Å². The molecule has 2 rings (SSSR count). The molecule has 0 amide bonds. The van der Waals surface area contributed by atoms with Crippen LogP contribution in [-0.2, 0) is 10.1 Å². The number of rotatable bonds is 3. The van der Waals surface area contributed by atoms with Gasteiger partial charge in [0.15, 0.2) is 0 Å². The van der Waals surface area contributed by atoms with E-state index in [9.17, 15) is 8.42 Å². The standard InChI is InChI=1S/C9H8N4O5S/c14-8-11-7(12-9(15)13-8)10-5-1-3-6(4-2-5)19(16,17)18/h1-4H,(H,16,17,18)(H3,10,11,12,13,14,15). The van der Waals surface area contributed by atoms with Gasteiger partial charge in [-0.1, -0.05) is 0 Å². The summed E-state index contributed by atoms with van der Waals surface area (Å²) in [7, 11) is -4.25. The number of aromatic hydroxyl groups is 2. The summed E-state index contributed by atoms with van der Waals surface area (Å²) >= 11 is 0. The first-order valence-corrected chi connectivity index (χ1v) is 6.27. The van der Waals surface area contributed by atoms with Gasteiger partial charge in [0.1, 0.15) is 0 Å². The first-order valence-electron chi connectivity index (χ1n) is 4.83. The fourth-order valence-corrected chi connectivity index (χ4v) is 1.73. The Morgan fingerprint density at radius 3 is 1.95 bits per heavy atom. The molecule has 0 atom stereocenters. The van der Waals surface area contributed by atoms with Crippen LogP contribution in [0.3, 0.4) is 0 Å². The van der Waals surface area contributed by atoms with Gasteiger partial charge in [0.05, 0.1) is 4.90 Å². The molecule has 0 bridgehead atoms. The highest BCUT2D eigenvalue weighted by molar-refractivity contribution is 7.85. The molecule has 1 heterocycles. The van der Waals surface area contributed by atoms with Crippen molar-refractivity contribution < 1.29 is 23.2 Å². The van der Waals surface area contributed by atoms with E-state index < -0.39 is 22.1 Å². The largest absolute Gasteiger partial charge is 0.479 e. The number of aromatic nitrogens is 3. The Morgan fingerprint density at radius 1 is 0.947 bits per heavy atom. The first-order chi connectivity index (χ1) is 8.84. The van der Waals surface area contributed by atoms with Gasteiger partial charge in [-0.3, -0.25) is 4.55 Å². The molecule has 0 unspecified atom stereocenters. The van der Waals surface area contributed by atoms with Crippen LogP contribution in [-0.4, -0.2) is 38.1 Å². The van der Waals surface area contributed by atoms with E-state index in [1.807, 2.05) is 0 Å². The Kier molecular flexibility index (Phi) is 3.19. The highest BCUT2D eigenvalue weighted by Crippen LogP contribution is 2.18. The van der Waals surface area contributed by atoms with Crippen LogP contribution in [0.1, 0.15) is 0 Å². The van der Waals surface area contributed by atoms with Crippen molar-refractivity contribution in [3.63, 3.8) is 0 Å². The summed E-state index contributed by atoms with van der Waals surface area (Å²) in [5, 5.41) is 20.7. The van der Waals surface area contributed by atoms with Crippen LogP contribution >= 0.6 is 0 Å². The van der Waals surface area contributed by atoms with Crippen LogP contribution in [0.15, 0.2) is 29.2 Å². The van der Waals surface area contributed by atoms with Gasteiger partial charge < -0.3 is 15.5 Å². The zero-order valence-electron chi connectivity index (χ0n) is 9.22. The van der Waals surface area contributed by atoms with E-state index in [2.05, 4.69) is 20.3 Å². The maximum Gasteiger partial charge on any atom is 0.321 e. The molecular weight excluding hydrogens is 276 g/mol. The zero-order valence-corrected chi connectivity index (χ0v) is 10.0. The molecule has 0 saturated carbocycles. The fraction of sp³-hybridized carbons (Fsp3) is 0. The molecule has 0 aliphatic heterocycles. The molecule has 0 saturated heterocycles. The maximum atomic E-state index is 10.8. The highest BCUT2D eigenvalue weighted by Gasteiger charge is 2.09. The van der Waals surface area contributed by atoms with Gasteiger partial charge in [-0.05, 0) is 24.3 Å². The van der Waals surface area contributed by atoms with Crippen molar-refractivity contribution in [2.75, 3.05) is 5.32 Å². The lowest BCUT2D eigenvalue weighted by Crippen LogP contribution is -2.00. The molecule has 10 heteroatoms. The normalized spacial score (nSPS) is 11.2. The predicted octanol–water partition coefficient (Wildman–Crippen LogP) is 0.273. The van der Waals surface area contributed by atoms with E-state index in [0.717, 1.165) is 0 Å². The molecule has 100 valence electrons. The van der Waals surface area contributed by atoms with Gasteiger partial charge >= 0.3 is 12.0 Å². The molecule has 4 N–H and O–H groups in total. The van der Waals surface area contributed by atoms with Crippen molar-refractivity contribution in [3.8, 4) is 12.0 Å². The third-order valence-electron chi connectivity index (χ3n) is 2.02. The summed E-state index contributed by atoms with van der Waals surface area (Å²) in [6.07, 6.45) is 0. The van der Waals surface area contributed by atoms with Gasteiger partial charge in [-0.15, -0.1) is 4.98 Å². The fourth-order valence-electron chi connectivity index (χ4n) is 1.25. The lowest BCUT2D eigenvalue weighted by molar-refractivity contribution is 0.384. The minimum atomic E-state index is -4.25.